The first kappa shape index (κ1) is 17.8. The first-order valence-corrected chi connectivity index (χ1v) is 6.98. The van der Waals surface area contributed by atoms with Gasteiger partial charge in [-0.3, -0.25) is 20.2 Å². The molecule has 24 heavy (non-hydrogen) atoms. The average molecular weight is 384 g/mol. The summed E-state index contributed by atoms with van der Waals surface area (Å²) in [6, 6.07) is 1.51. The zero-order chi connectivity index (χ0) is 18.2. The third kappa shape index (κ3) is 3.35. The number of nitrogens with zero attached hydrogens (tertiary/aromatic N) is 5. The molecule has 0 spiro atoms. The van der Waals surface area contributed by atoms with Crippen LogP contribution in [-0.2, 0) is 6.18 Å². The van der Waals surface area contributed by atoms with Crippen molar-refractivity contribution < 1.29 is 23.0 Å². The van der Waals surface area contributed by atoms with Crippen LogP contribution in [0.5, 0.6) is 0 Å². The van der Waals surface area contributed by atoms with Crippen molar-refractivity contribution in [1.29, 1.82) is 0 Å². The van der Waals surface area contributed by atoms with Gasteiger partial charge in [-0.05, 0) is 0 Å². The van der Waals surface area contributed by atoms with E-state index in [0.29, 0.717) is 6.07 Å². The number of halogens is 4. The first-order chi connectivity index (χ1) is 11.0. The van der Waals surface area contributed by atoms with Crippen molar-refractivity contribution >= 4 is 45.1 Å². The molecule has 0 N–H and O–H groups in total. The SMILES string of the molecule is CN(c1nnc(C(F)(F)F)s1)c1c(Cl)cc([N+](=O)[O-])cc1[N+](=O)[O-]. The van der Waals surface area contributed by atoms with E-state index in [1.165, 1.54) is 7.05 Å². The van der Waals surface area contributed by atoms with Gasteiger partial charge in [-0.1, -0.05) is 22.9 Å². The fraction of sp³-hybridized carbons (Fsp3) is 0.200. The Labute approximate surface area is 139 Å². The van der Waals surface area contributed by atoms with Crippen molar-refractivity contribution in [3.05, 3.63) is 42.4 Å². The Hall–Kier alpha value is -2.54. The molecule has 2 rings (SSSR count). The Morgan fingerprint density at radius 3 is 2.29 bits per heavy atom. The predicted molar refractivity (Wildman–Crippen MR) is 77.7 cm³/mol. The molecule has 0 radical (unpaired) electrons. The van der Waals surface area contributed by atoms with Crippen molar-refractivity contribution in [1.82, 2.24) is 10.2 Å². The van der Waals surface area contributed by atoms with Crippen LogP contribution in [0, 0.1) is 20.2 Å². The Morgan fingerprint density at radius 1 is 1.21 bits per heavy atom. The highest BCUT2D eigenvalue weighted by Crippen LogP contribution is 2.43. The number of hydrogen-bond donors (Lipinski definition) is 0. The molecule has 9 nitrogen and oxygen atoms in total. The van der Waals surface area contributed by atoms with Gasteiger partial charge in [-0.2, -0.15) is 13.2 Å². The molecule has 0 aliphatic carbocycles. The number of rotatable bonds is 4. The van der Waals surface area contributed by atoms with E-state index in [9.17, 15) is 33.4 Å². The zero-order valence-corrected chi connectivity index (χ0v) is 13.0. The van der Waals surface area contributed by atoms with Crippen LogP contribution in [-0.4, -0.2) is 27.1 Å². The molecule has 1 heterocycles. The summed E-state index contributed by atoms with van der Waals surface area (Å²) in [6.45, 7) is 0. The summed E-state index contributed by atoms with van der Waals surface area (Å²) in [7, 11) is 1.18. The molecule has 14 heteroatoms. The lowest BCUT2D eigenvalue weighted by Gasteiger charge is -2.16. The van der Waals surface area contributed by atoms with E-state index in [4.69, 9.17) is 11.6 Å². The van der Waals surface area contributed by atoms with Gasteiger partial charge in [0.1, 0.15) is 5.69 Å². The van der Waals surface area contributed by atoms with E-state index in [1.54, 1.807) is 0 Å². The minimum atomic E-state index is -4.72. The summed E-state index contributed by atoms with van der Waals surface area (Å²) in [5.74, 6) is 0. The van der Waals surface area contributed by atoms with Crippen LogP contribution < -0.4 is 4.90 Å². The third-order valence-corrected chi connectivity index (χ3v) is 4.05. The monoisotopic (exact) mass is 383 g/mol. The summed E-state index contributed by atoms with van der Waals surface area (Å²) < 4.78 is 37.7. The maximum absolute atomic E-state index is 12.6. The second-order valence-electron chi connectivity index (χ2n) is 4.26. The largest absolute Gasteiger partial charge is 0.445 e. The topological polar surface area (TPSA) is 115 Å². The molecular formula is C10H5ClF3N5O4S. The van der Waals surface area contributed by atoms with Crippen molar-refractivity contribution in [3.8, 4) is 0 Å². The number of alkyl halides is 3. The molecule has 0 aliphatic rings. The van der Waals surface area contributed by atoms with E-state index < -0.39 is 32.4 Å². The minimum Gasteiger partial charge on any atom is -0.312 e. The fourth-order valence-electron chi connectivity index (χ4n) is 1.71. The van der Waals surface area contributed by atoms with Crippen LogP contribution in [0.1, 0.15) is 5.01 Å². The number of aromatic nitrogens is 2. The molecule has 0 saturated carbocycles. The van der Waals surface area contributed by atoms with E-state index in [-0.39, 0.29) is 27.2 Å². The van der Waals surface area contributed by atoms with Crippen LogP contribution in [0.2, 0.25) is 5.02 Å². The van der Waals surface area contributed by atoms with Crippen LogP contribution in [0.15, 0.2) is 12.1 Å². The molecule has 0 atom stereocenters. The standard InChI is InChI=1S/C10H5ClF3N5O4S/c1-17(9-16-15-8(24-9)10(12,13)14)7-5(11)2-4(18(20)21)3-6(7)19(22)23/h2-3H,1H3. The Bertz CT molecular complexity index is 827. The highest BCUT2D eigenvalue weighted by molar-refractivity contribution is 7.15. The number of anilines is 2. The number of hydrogen-bond acceptors (Lipinski definition) is 8. The Balaban J connectivity index is 2.56. The molecule has 0 unspecified atom stereocenters. The van der Waals surface area contributed by atoms with Crippen LogP contribution in [0.25, 0.3) is 0 Å². The van der Waals surface area contributed by atoms with Gasteiger partial charge < -0.3 is 4.90 Å². The van der Waals surface area contributed by atoms with Gasteiger partial charge in [0.05, 0.1) is 20.9 Å². The molecule has 0 fully saturated rings. The van der Waals surface area contributed by atoms with Crippen LogP contribution >= 0.6 is 22.9 Å². The highest BCUT2D eigenvalue weighted by Gasteiger charge is 2.37. The predicted octanol–water partition coefficient (Wildman–Crippen LogP) is 3.79. The average Bonchev–Trinajstić information content (AvgIpc) is 2.95. The van der Waals surface area contributed by atoms with E-state index >= 15 is 0 Å². The van der Waals surface area contributed by atoms with Crippen molar-refractivity contribution in [2.75, 3.05) is 11.9 Å². The molecular weight excluding hydrogens is 379 g/mol. The number of nitro benzene ring substituents is 2. The molecule has 0 saturated heterocycles. The van der Waals surface area contributed by atoms with Gasteiger partial charge in [0.15, 0.2) is 0 Å². The maximum atomic E-state index is 12.6. The lowest BCUT2D eigenvalue weighted by Crippen LogP contribution is -2.12. The molecule has 0 aliphatic heterocycles. The van der Waals surface area contributed by atoms with E-state index in [1.807, 2.05) is 0 Å². The van der Waals surface area contributed by atoms with Gasteiger partial charge in [0.2, 0.25) is 10.1 Å². The third-order valence-electron chi connectivity index (χ3n) is 2.71. The van der Waals surface area contributed by atoms with Crippen LogP contribution in [0.3, 0.4) is 0 Å². The van der Waals surface area contributed by atoms with Crippen LogP contribution in [0.4, 0.5) is 35.4 Å². The smallest absolute Gasteiger partial charge is 0.312 e. The van der Waals surface area contributed by atoms with Crippen molar-refractivity contribution in [2.24, 2.45) is 0 Å². The summed E-state index contributed by atoms with van der Waals surface area (Å²) in [5, 5.41) is 26.2. The Kier molecular flexibility index (Phi) is 4.57. The lowest BCUT2D eigenvalue weighted by atomic mass is 10.2. The summed E-state index contributed by atoms with van der Waals surface area (Å²) >= 11 is 5.99. The molecule has 1 aromatic carbocycles. The van der Waals surface area contributed by atoms with Gasteiger partial charge in [-0.15, -0.1) is 10.2 Å². The second kappa shape index (κ2) is 6.16. The maximum Gasteiger partial charge on any atom is 0.445 e. The molecule has 128 valence electrons. The zero-order valence-electron chi connectivity index (χ0n) is 11.4. The molecule has 0 amide bonds. The number of benzene rings is 1. The highest BCUT2D eigenvalue weighted by atomic mass is 35.5. The lowest BCUT2D eigenvalue weighted by molar-refractivity contribution is -0.393. The quantitative estimate of drug-likeness (QED) is 0.582. The normalized spacial score (nSPS) is 11.4. The molecule has 1 aromatic heterocycles. The van der Waals surface area contributed by atoms with E-state index in [2.05, 4.69) is 10.2 Å². The van der Waals surface area contributed by atoms with Gasteiger partial charge >= 0.3 is 11.9 Å². The van der Waals surface area contributed by atoms with Gasteiger partial charge in [-0.25, -0.2) is 0 Å². The summed E-state index contributed by atoms with van der Waals surface area (Å²) in [4.78, 5) is 21.0. The second-order valence-corrected chi connectivity index (χ2v) is 5.62. The summed E-state index contributed by atoms with van der Waals surface area (Å²) in [6.07, 6.45) is -4.72. The van der Waals surface area contributed by atoms with E-state index in [0.717, 1.165) is 11.0 Å². The molecule has 0 bridgehead atoms. The van der Waals surface area contributed by atoms with Gasteiger partial charge in [0, 0.05) is 13.1 Å². The summed E-state index contributed by atoms with van der Waals surface area (Å²) in [5.41, 5.74) is -1.71. The first-order valence-electron chi connectivity index (χ1n) is 5.79. The minimum absolute atomic E-state index is 0.146. The Morgan fingerprint density at radius 2 is 1.83 bits per heavy atom. The van der Waals surface area contributed by atoms with Crippen molar-refractivity contribution in [2.45, 2.75) is 6.18 Å². The number of nitro groups is 2. The van der Waals surface area contributed by atoms with Gasteiger partial charge in [0.25, 0.3) is 5.69 Å². The van der Waals surface area contributed by atoms with Crippen molar-refractivity contribution in [3.63, 3.8) is 0 Å². The number of non-ortho nitro benzene ring substituents is 1. The molecule has 2 aromatic rings. The fourth-order valence-corrected chi connectivity index (χ4v) is 2.72.